The predicted octanol–water partition coefficient (Wildman–Crippen LogP) is 1.59. The Hall–Kier alpha value is -0.570. The zero-order valence-corrected chi connectivity index (χ0v) is 10.5. The highest BCUT2D eigenvalue weighted by Gasteiger charge is 2.19. The van der Waals surface area contributed by atoms with E-state index in [4.69, 9.17) is 0 Å². The highest BCUT2D eigenvalue weighted by Crippen LogP contribution is 2.19. The van der Waals surface area contributed by atoms with Crippen LogP contribution in [0, 0.1) is 5.41 Å². The summed E-state index contributed by atoms with van der Waals surface area (Å²) in [7, 11) is 0. The van der Waals surface area contributed by atoms with Gasteiger partial charge < -0.3 is 4.90 Å². The highest BCUT2D eigenvalue weighted by atomic mass is 16.2. The standard InChI is InChI=1S/C12H24N2O/c1-11(15)14-9-7-13(8-10-14)6-5-12(2,3)4/h5-10H2,1-4H3. The molecule has 1 aliphatic heterocycles. The van der Waals surface area contributed by atoms with Gasteiger partial charge >= 0.3 is 0 Å². The molecule has 0 atom stereocenters. The minimum atomic E-state index is 0.213. The van der Waals surface area contributed by atoms with E-state index in [1.807, 2.05) is 4.90 Å². The summed E-state index contributed by atoms with van der Waals surface area (Å²) in [6.45, 7) is 13.5. The molecular weight excluding hydrogens is 188 g/mol. The molecule has 0 aliphatic carbocycles. The maximum atomic E-state index is 11.1. The minimum Gasteiger partial charge on any atom is -0.340 e. The van der Waals surface area contributed by atoms with Crippen molar-refractivity contribution in [1.29, 1.82) is 0 Å². The van der Waals surface area contributed by atoms with Gasteiger partial charge in [0.15, 0.2) is 0 Å². The third kappa shape index (κ3) is 4.65. The molecule has 0 spiro atoms. The summed E-state index contributed by atoms with van der Waals surface area (Å²) in [6.07, 6.45) is 1.23. The first kappa shape index (κ1) is 12.5. The van der Waals surface area contributed by atoms with Gasteiger partial charge in [-0.1, -0.05) is 20.8 Å². The summed E-state index contributed by atoms with van der Waals surface area (Å²) in [5.74, 6) is 0.213. The molecule has 1 amide bonds. The number of carbonyl (C=O) groups is 1. The van der Waals surface area contributed by atoms with Gasteiger partial charge in [-0.2, -0.15) is 0 Å². The highest BCUT2D eigenvalue weighted by molar-refractivity contribution is 5.73. The number of hydrogen-bond acceptors (Lipinski definition) is 2. The van der Waals surface area contributed by atoms with Gasteiger partial charge in [-0.15, -0.1) is 0 Å². The monoisotopic (exact) mass is 212 g/mol. The molecule has 0 radical (unpaired) electrons. The fourth-order valence-corrected chi connectivity index (χ4v) is 1.78. The molecule has 0 aromatic carbocycles. The van der Waals surface area contributed by atoms with E-state index in [-0.39, 0.29) is 5.91 Å². The van der Waals surface area contributed by atoms with Crippen LogP contribution in [0.3, 0.4) is 0 Å². The van der Waals surface area contributed by atoms with Crippen LogP contribution >= 0.6 is 0 Å². The molecule has 0 saturated carbocycles. The van der Waals surface area contributed by atoms with Crippen molar-refractivity contribution in [2.24, 2.45) is 5.41 Å². The van der Waals surface area contributed by atoms with Crippen LogP contribution in [0.25, 0.3) is 0 Å². The van der Waals surface area contributed by atoms with Gasteiger partial charge in [0.1, 0.15) is 0 Å². The average Bonchev–Trinajstić information content (AvgIpc) is 2.14. The van der Waals surface area contributed by atoms with Gasteiger partial charge in [-0.3, -0.25) is 9.69 Å². The average molecular weight is 212 g/mol. The number of carbonyl (C=O) groups excluding carboxylic acids is 1. The zero-order chi connectivity index (χ0) is 11.5. The van der Waals surface area contributed by atoms with Crippen molar-refractivity contribution in [2.45, 2.75) is 34.1 Å². The molecule has 1 rings (SSSR count). The normalized spacial score (nSPS) is 19.3. The number of rotatable bonds is 2. The van der Waals surface area contributed by atoms with E-state index in [9.17, 15) is 4.79 Å². The van der Waals surface area contributed by atoms with Crippen molar-refractivity contribution in [3.05, 3.63) is 0 Å². The molecule has 0 unspecified atom stereocenters. The molecule has 0 bridgehead atoms. The summed E-state index contributed by atoms with van der Waals surface area (Å²) in [5, 5.41) is 0. The lowest BCUT2D eigenvalue weighted by Gasteiger charge is -2.35. The van der Waals surface area contributed by atoms with Crippen LogP contribution in [0.15, 0.2) is 0 Å². The van der Waals surface area contributed by atoms with Gasteiger partial charge in [0.2, 0.25) is 5.91 Å². The fraction of sp³-hybridized carbons (Fsp3) is 0.917. The molecular formula is C12H24N2O. The third-order valence-electron chi connectivity index (χ3n) is 3.00. The zero-order valence-electron chi connectivity index (χ0n) is 10.5. The van der Waals surface area contributed by atoms with Crippen LogP contribution in [0.5, 0.6) is 0 Å². The summed E-state index contributed by atoms with van der Waals surface area (Å²) in [4.78, 5) is 15.5. The molecule has 0 aromatic heterocycles. The van der Waals surface area contributed by atoms with Crippen LogP contribution in [0.2, 0.25) is 0 Å². The van der Waals surface area contributed by atoms with Crippen LogP contribution in [-0.4, -0.2) is 48.4 Å². The van der Waals surface area contributed by atoms with Crippen LogP contribution in [0.4, 0.5) is 0 Å². The van der Waals surface area contributed by atoms with Gasteiger partial charge in [-0.05, 0) is 18.4 Å². The Morgan fingerprint density at radius 3 is 2.07 bits per heavy atom. The second-order valence-corrected chi connectivity index (χ2v) is 5.66. The van der Waals surface area contributed by atoms with E-state index >= 15 is 0 Å². The molecule has 0 N–H and O–H groups in total. The SMILES string of the molecule is CC(=O)N1CCN(CCC(C)(C)C)CC1. The molecule has 15 heavy (non-hydrogen) atoms. The summed E-state index contributed by atoms with van der Waals surface area (Å²) >= 11 is 0. The Morgan fingerprint density at radius 1 is 1.13 bits per heavy atom. The molecule has 88 valence electrons. The molecule has 1 fully saturated rings. The number of nitrogens with zero attached hydrogens (tertiary/aromatic N) is 2. The van der Waals surface area contributed by atoms with Gasteiger partial charge in [-0.25, -0.2) is 0 Å². The first-order valence-electron chi connectivity index (χ1n) is 5.86. The van der Waals surface area contributed by atoms with Gasteiger partial charge in [0.05, 0.1) is 0 Å². The van der Waals surface area contributed by atoms with Crippen molar-refractivity contribution in [2.75, 3.05) is 32.7 Å². The van der Waals surface area contributed by atoms with Crippen LogP contribution < -0.4 is 0 Å². The van der Waals surface area contributed by atoms with Gasteiger partial charge in [0.25, 0.3) is 0 Å². The maximum absolute atomic E-state index is 11.1. The van der Waals surface area contributed by atoms with E-state index in [0.717, 1.165) is 32.7 Å². The largest absolute Gasteiger partial charge is 0.340 e. The summed E-state index contributed by atoms with van der Waals surface area (Å²) in [5.41, 5.74) is 0.414. The number of piperazine rings is 1. The Kier molecular flexibility index (Phi) is 4.14. The third-order valence-corrected chi connectivity index (χ3v) is 3.00. The Balaban J connectivity index is 2.23. The number of hydrogen-bond donors (Lipinski definition) is 0. The lowest BCUT2D eigenvalue weighted by Crippen LogP contribution is -2.48. The fourth-order valence-electron chi connectivity index (χ4n) is 1.78. The predicted molar refractivity (Wildman–Crippen MR) is 62.8 cm³/mol. The smallest absolute Gasteiger partial charge is 0.219 e. The Morgan fingerprint density at radius 2 is 1.67 bits per heavy atom. The molecule has 0 aromatic rings. The topological polar surface area (TPSA) is 23.6 Å². The first-order valence-corrected chi connectivity index (χ1v) is 5.86. The van der Waals surface area contributed by atoms with Crippen molar-refractivity contribution in [3.63, 3.8) is 0 Å². The van der Waals surface area contributed by atoms with Crippen molar-refractivity contribution in [3.8, 4) is 0 Å². The van der Waals surface area contributed by atoms with Gasteiger partial charge in [0, 0.05) is 33.1 Å². The van der Waals surface area contributed by atoms with E-state index in [0.29, 0.717) is 5.41 Å². The van der Waals surface area contributed by atoms with Crippen molar-refractivity contribution in [1.82, 2.24) is 9.80 Å². The van der Waals surface area contributed by atoms with E-state index in [2.05, 4.69) is 25.7 Å². The second-order valence-electron chi connectivity index (χ2n) is 5.66. The molecule has 3 heteroatoms. The van der Waals surface area contributed by atoms with Crippen LogP contribution in [0.1, 0.15) is 34.1 Å². The minimum absolute atomic E-state index is 0.213. The molecule has 1 heterocycles. The van der Waals surface area contributed by atoms with Crippen molar-refractivity contribution >= 4 is 5.91 Å². The lowest BCUT2D eigenvalue weighted by molar-refractivity contribution is -0.130. The molecule has 3 nitrogen and oxygen atoms in total. The van der Waals surface area contributed by atoms with Crippen LogP contribution in [-0.2, 0) is 4.79 Å². The molecule has 1 saturated heterocycles. The summed E-state index contributed by atoms with van der Waals surface area (Å²) in [6, 6.07) is 0. The Bertz CT molecular complexity index is 212. The maximum Gasteiger partial charge on any atom is 0.219 e. The van der Waals surface area contributed by atoms with Crippen molar-refractivity contribution < 1.29 is 4.79 Å². The van der Waals surface area contributed by atoms with E-state index in [1.165, 1.54) is 6.42 Å². The second kappa shape index (κ2) is 4.97. The quantitative estimate of drug-likeness (QED) is 0.694. The van der Waals surface area contributed by atoms with E-state index < -0.39 is 0 Å². The molecule has 1 aliphatic rings. The Labute approximate surface area is 93.4 Å². The first-order chi connectivity index (χ1) is 6.88. The summed E-state index contributed by atoms with van der Waals surface area (Å²) < 4.78 is 0. The van der Waals surface area contributed by atoms with E-state index in [1.54, 1.807) is 6.92 Å². The number of amides is 1. The lowest BCUT2D eigenvalue weighted by atomic mass is 9.92.